The predicted molar refractivity (Wildman–Crippen MR) is 61.7 cm³/mol. The second-order valence-corrected chi connectivity index (χ2v) is 4.53. The van der Waals surface area contributed by atoms with E-state index in [1.165, 1.54) is 6.92 Å². The molecule has 2 rings (SSSR count). The third-order valence-electron chi connectivity index (χ3n) is 2.52. The molecule has 1 aliphatic heterocycles. The van der Waals surface area contributed by atoms with Crippen molar-refractivity contribution in [1.29, 1.82) is 0 Å². The van der Waals surface area contributed by atoms with Crippen LogP contribution in [0.3, 0.4) is 0 Å². The Labute approximate surface area is 98.0 Å². The smallest absolute Gasteiger partial charge is 0.340 e. The fourth-order valence-electron chi connectivity index (χ4n) is 1.80. The molecule has 0 saturated carbocycles. The molecule has 0 fully saturated rings. The summed E-state index contributed by atoms with van der Waals surface area (Å²) < 4.78 is 6.88. The highest BCUT2D eigenvalue weighted by molar-refractivity contribution is 7.97. The lowest BCUT2D eigenvalue weighted by atomic mass is 10.2. The molecular formula is C11H13NO3S. The molecule has 0 bridgehead atoms. The highest BCUT2D eigenvalue weighted by Crippen LogP contribution is 2.30. The number of fused-ring (bicyclic) bond motifs is 1. The van der Waals surface area contributed by atoms with E-state index in [4.69, 9.17) is 4.74 Å². The van der Waals surface area contributed by atoms with Crippen LogP contribution in [0.2, 0.25) is 0 Å². The average molecular weight is 239 g/mol. The lowest BCUT2D eigenvalue weighted by molar-refractivity contribution is 0.0525. The summed E-state index contributed by atoms with van der Waals surface area (Å²) >= 11 is 1.69. The topological polar surface area (TPSA) is 48.3 Å². The van der Waals surface area contributed by atoms with Crippen LogP contribution in [0.4, 0.5) is 0 Å². The molecule has 1 aromatic heterocycles. The van der Waals surface area contributed by atoms with Crippen LogP contribution >= 0.6 is 11.8 Å². The minimum atomic E-state index is -0.332. The van der Waals surface area contributed by atoms with Crippen molar-refractivity contribution in [3.8, 4) is 0 Å². The largest absolute Gasteiger partial charge is 0.462 e. The Hall–Kier alpha value is -1.23. The van der Waals surface area contributed by atoms with Crippen molar-refractivity contribution < 1.29 is 14.3 Å². The van der Waals surface area contributed by atoms with Gasteiger partial charge in [-0.15, -0.1) is 11.8 Å². The SMILES string of the molecule is CCOC(=O)c1cc(C(C)=O)n2c1CSC2. The summed E-state index contributed by atoms with van der Waals surface area (Å²) in [6.07, 6.45) is 0. The Morgan fingerprint density at radius 2 is 2.31 bits per heavy atom. The van der Waals surface area contributed by atoms with Crippen LogP contribution in [0.1, 0.15) is 40.4 Å². The number of carbonyl (C=O) groups is 2. The first-order valence-corrected chi connectivity index (χ1v) is 6.28. The van der Waals surface area contributed by atoms with E-state index in [0.717, 1.165) is 17.3 Å². The number of esters is 1. The third-order valence-corrected chi connectivity index (χ3v) is 3.44. The van der Waals surface area contributed by atoms with Gasteiger partial charge in [-0.1, -0.05) is 0 Å². The summed E-state index contributed by atoms with van der Waals surface area (Å²) in [6, 6.07) is 1.65. The van der Waals surface area contributed by atoms with E-state index in [1.807, 2.05) is 4.57 Å². The van der Waals surface area contributed by atoms with Gasteiger partial charge in [0.1, 0.15) is 0 Å². The number of carbonyl (C=O) groups excluding carboxylic acids is 2. The van der Waals surface area contributed by atoms with Crippen molar-refractivity contribution in [1.82, 2.24) is 4.57 Å². The van der Waals surface area contributed by atoms with Crippen molar-refractivity contribution in [3.05, 3.63) is 23.0 Å². The molecule has 0 N–H and O–H groups in total. The Kier molecular flexibility index (Phi) is 3.05. The van der Waals surface area contributed by atoms with Crippen LogP contribution in [0.15, 0.2) is 6.07 Å². The molecule has 1 aliphatic rings. The highest BCUT2D eigenvalue weighted by atomic mass is 32.2. The van der Waals surface area contributed by atoms with Crippen molar-refractivity contribution >= 4 is 23.5 Å². The van der Waals surface area contributed by atoms with Gasteiger partial charge in [0.15, 0.2) is 5.78 Å². The molecule has 4 nitrogen and oxygen atoms in total. The van der Waals surface area contributed by atoms with Crippen molar-refractivity contribution in [2.45, 2.75) is 25.5 Å². The van der Waals surface area contributed by atoms with Gasteiger partial charge in [0.2, 0.25) is 0 Å². The molecule has 0 aromatic carbocycles. The first kappa shape index (κ1) is 11.3. The van der Waals surface area contributed by atoms with Gasteiger partial charge in [-0.3, -0.25) is 4.79 Å². The minimum Gasteiger partial charge on any atom is -0.462 e. The molecule has 0 aliphatic carbocycles. The average Bonchev–Trinajstić information content (AvgIpc) is 2.76. The second-order valence-electron chi connectivity index (χ2n) is 3.57. The van der Waals surface area contributed by atoms with E-state index in [1.54, 1.807) is 24.8 Å². The monoisotopic (exact) mass is 239 g/mol. The van der Waals surface area contributed by atoms with Crippen LogP contribution in [0, 0.1) is 0 Å². The Bertz CT molecular complexity index is 450. The number of thioether (sulfide) groups is 1. The summed E-state index contributed by atoms with van der Waals surface area (Å²) in [6.45, 7) is 3.64. The van der Waals surface area contributed by atoms with E-state index in [2.05, 4.69) is 0 Å². The number of hydrogen-bond acceptors (Lipinski definition) is 4. The summed E-state index contributed by atoms with van der Waals surface area (Å²) in [5.74, 6) is 1.16. The van der Waals surface area contributed by atoms with Gasteiger partial charge in [0, 0.05) is 18.4 Å². The molecule has 1 aromatic rings. The maximum atomic E-state index is 11.7. The summed E-state index contributed by atoms with van der Waals surface area (Å²) in [4.78, 5) is 23.1. The fourth-order valence-corrected chi connectivity index (χ4v) is 2.88. The number of aromatic nitrogens is 1. The van der Waals surface area contributed by atoms with Crippen LogP contribution in [0.25, 0.3) is 0 Å². The molecule has 5 heteroatoms. The lowest BCUT2D eigenvalue weighted by Gasteiger charge is -2.01. The zero-order chi connectivity index (χ0) is 11.7. The standard InChI is InChI=1S/C11H13NO3S/c1-3-15-11(14)8-4-9(7(2)13)12-6-16-5-10(8)12/h4H,3,5-6H2,1-2H3. The third kappa shape index (κ3) is 1.75. The van der Waals surface area contributed by atoms with Crippen molar-refractivity contribution in [2.75, 3.05) is 6.61 Å². The van der Waals surface area contributed by atoms with Crippen molar-refractivity contribution in [3.63, 3.8) is 0 Å². The Balaban J connectivity index is 2.43. The van der Waals surface area contributed by atoms with Crippen LogP contribution in [-0.4, -0.2) is 22.9 Å². The van der Waals surface area contributed by atoms with Crippen molar-refractivity contribution in [2.24, 2.45) is 0 Å². The molecule has 16 heavy (non-hydrogen) atoms. The maximum absolute atomic E-state index is 11.7. The normalized spacial score (nSPS) is 13.6. The zero-order valence-electron chi connectivity index (χ0n) is 9.28. The van der Waals surface area contributed by atoms with Gasteiger partial charge < -0.3 is 9.30 Å². The predicted octanol–water partition coefficient (Wildman–Crippen LogP) is 2.07. The second kappa shape index (κ2) is 4.33. The number of Topliss-reactive ketones (excluding diaryl/α,β-unsaturated/α-hetero) is 1. The Morgan fingerprint density at radius 1 is 1.56 bits per heavy atom. The first-order valence-electron chi connectivity index (χ1n) is 5.13. The van der Waals surface area contributed by atoms with Gasteiger partial charge in [-0.2, -0.15) is 0 Å². The fraction of sp³-hybridized carbons (Fsp3) is 0.455. The molecule has 2 heterocycles. The number of hydrogen-bond donors (Lipinski definition) is 0. The molecular weight excluding hydrogens is 226 g/mol. The van der Waals surface area contributed by atoms with E-state index < -0.39 is 0 Å². The summed E-state index contributed by atoms with van der Waals surface area (Å²) in [5.41, 5.74) is 2.05. The molecule has 86 valence electrons. The summed E-state index contributed by atoms with van der Waals surface area (Å²) in [7, 11) is 0. The zero-order valence-corrected chi connectivity index (χ0v) is 10.1. The molecule has 0 unspecified atom stereocenters. The van der Waals surface area contributed by atoms with Gasteiger partial charge in [-0.05, 0) is 13.0 Å². The van der Waals surface area contributed by atoms with Gasteiger partial charge in [0.25, 0.3) is 0 Å². The van der Waals surface area contributed by atoms with Gasteiger partial charge >= 0.3 is 5.97 Å². The molecule has 0 atom stereocenters. The molecule has 0 saturated heterocycles. The maximum Gasteiger partial charge on any atom is 0.340 e. The van der Waals surface area contributed by atoms with Gasteiger partial charge in [0.05, 0.1) is 23.7 Å². The number of ketones is 1. The summed E-state index contributed by atoms with van der Waals surface area (Å²) in [5, 5.41) is 0. The van der Waals surface area contributed by atoms with Crippen LogP contribution in [-0.2, 0) is 16.4 Å². The van der Waals surface area contributed by atoms with Crippen LogP contribution in [0.5, 0.6) is 0 Å². The minimum absolute atomic E-state index is 0.0145. The number of ether oxygens (including phenoxy) is 1. The van der Waals surface area contributed by atoms with E-state index in [-0.39, 0.29) is 11.8 Å². The molecule has 0 spiro atoms. The number of rotatable bonds is 3. The van der Waals surface area contributed by atoms with E-state index in [0.29, 0.717) is 17.9 Å². The lowest BCUT2D eigenvalue weighted by Crippen LogP contribution is -2.06. The first-order chi connectivity index (χ1) is 7.65. The Morgan fingerprint density at radius 3 is 2.94 bits per heavy atom. The van der Waals surface area contributed by atoms with Gasteiger partial charge in [-0.25, -0.2) is 4.79 Å². The van der Waals surface area contributed by atoms with E-state index >= 15 is 0 Å². The molecule has 0 amide bonds. The van der Waals surface area contributed by atoms with Crippen LogP contribution < -0.4 is 0 Å². The number of nitrogens with zero attached hydrogens (tertiary/aromatic N) is 1. The van der Waals surface area contributed by atoms with E-state index in [9.17, 15) is 9.59 Å². The highest BCUT2D eigenvalue weighted by Gasteiger charge is 2.26. The quantitative estimate of drug-likeness (QED) is 0.598. The molecule has 0 radical (unpaired) electrons.